The van der Waals surface area contributed by atoms with Gasteiger partial charge < -0.3 is 8.92 Å². The van der Waals surface area contributed by atoms with Gasteiger partial charge in [-0.05, 0) is 25.0 Å². The number of benzene rings is 1. The zero-order valence-electron chi connectivity index (χ0n) is 11.9. The van der Waals surface area contributed by atoms with E-state index in [9.17, 15) is 13.2 Å². The molecule has 6 nitrogen and oxygen atoms in total. The number of aromatic nitrogens is 1. The van der Waals surface area contributed by atoms with Gasteiger partial charge in [0.15, 0.2) is 5.75 Å². The van der Waals surface area contributed by atoms with Gasteiger partial charge in [0.05, 0.1) is 13.0 Å². The largest absolute Gasteiger partial charge is 0.469 e. The van der Waals surface area contributed by atoms with Gasteiger partial charge in [-0.25, -0.2) is 0 Å². The number of carbonyl (C=O) groups excluding carboxylic acids is 1. The molecule has 2 unspecified atom stereocenters. The average molecular weight is 321 g/mol. The van der Waals surface area contributed by atoms with Crippen LogP contribution in [0.15, 0.2) is 36.5 Å². The highest BCUT2D eigenvalue weighted by atomic mass is 32.2. The van der Waals surface area contributed by atoms with Crippen molar-refractivity contribution in [1.82, 2.24) is 4.98 Å². The first-order chi connectivity index (χ1) is 10.5. The number of fused-ring (bicyclic) bond motifs is 1. The number of pyridine rings is 1. The molecular formula is C15H15NO5S. The van der Waals surface area contributed by atoms with Gasteiger partial charge in [0.2, 0.25) is 0 Å². The number of para-hydroxylation sites is 1. The van der Waals surface area contributed by atoms with E-state index in [2.05, 4.69) is 9.72 Å². The molecule has 0 N–H and O–H groups in total. The summed E-state index contributed by atoms with van der Waals surface area (Å²) in [6.07, 6.45) is 2.45. The minimum atomic E-state index is -3.91. The fourth-order valence-electron chi connectivity index (χ4n) is 2.57. The first-order valence-corrected chi connectivity index (χ1v) is 8.35. The van der Waals surface area contributed by atoms with Gasteiger partial charge in [-0.15, -0.1) is 0 Å². The lowest BCUT2D eigenvalue weighted by molar-refractivity contribution is -0.148. The molecule has 0 saturated heterocycles. The van der Waals surface area contributed by atoms with E-state index in [1.165, 1.54) is 7.11 Å². The fraction of sp³-hybridized carbons (Fsp3) is 0.333. The van der Waals surface area contributed by atoms with Crippen LogP contribution >= 0.6 is 0 Å². The predicted molar refractivity (Wildman–Crippen MR) is 79.8 cm³/mol. The SMILES string of the molecule is COC(=O)C1CCC1S(=O)(=O)Oc1cccc2cccnc12. The van der Waals surface area contributed by atoms with Crippen molar-refractivity contribution < 1.29 is 22.1 Å². The first-order valence-electron chi connectivity index (χ1n) is 6.88. The molecule has 2 aromatic rings. The van der Waals surface area contributed by atoms with Gasteiger partial charge in [-0.3, -0.25) is 9.78 Å². The minimum absolute atomic E-state index is 0.175. The summed E-state index contributed by atoms with van der Waals surface area (Å²) in [7, 11) is -2.66. The third kappa shape index (κ3) is 2.52. The second-order valence-corrected chi connectivity index (χ2v) is 6.91. The van der Waals surface area contributed by atoms with E-state index in [0.29, 0.717) is 18.4 Å². The summed E-state index contributed by atoms with van der Waals surface area (Å²) < 4.78 is 34.7. The minimum Gasteiger partial charge on any atom is -0.469 e. The smallest absolute Gasteiger partial charge is 0.313 e. The molecule has 7 heteroatoms. The van der Waals surface area contributed by atoms with E-state index in [0.717, 1.165) is 5.39 Å². The Bertz CT molecular complexity index is 812. The molecule has 0 aliphatic heterocycles. The van der Waals surface area contributed by atoms with Gasteiger partial charge >= 0.3 is 16.1 Å². The molecule has 1 fully saturated rings. The fourth-order valence-corrected chi connectivity index (χ4v) is 4.15. The molecule has 2 atom stereocenters. The number of hydrogen-bond acceptors (Lipinski definition) is 6. The second-order valence-electron chi connectivity index (χ2n) is 5.15. The first kappa shape index (κ1) is 14.8. The van der Waals surface area contributed by atoms with Crippen LogP contribution in [0.3, 0.4) is 0 Å². The standard InChI is InChI=1S/C15H15NO5S/c1-20-15(17)11-7-8-13(11)22(18,19)21-12-6-2-4-10-5-3-9-16-14(10)12/h2-6,9,11,13H,7-8H2,1H3. The number of carbonyl (C=O) groups is 1. The number of methoxy groups -OCH3 is 1. The molecule has 1 aromatic carbocycles. The highest BCUT2D eigenvalue weighted by Crippen LogP contribution is 2.36. The van der Waals surface area contributed by atoms with Crippen molar-refractivity contribution in [2.75, 3.05) is 7.11 Å². The summed E-state index contributed by atoms with van der Waals surface area (Å²) in [5.41, 5.74) is 0.475. The van der Waals surface area contributed by atoms with Crippen molar-refractivity contribution >= 4 is 27.0 Å². The summed E-state index contributed by atoms with van der Waals surface area (Å²) >= 11 is 0. The van der Waals surface area contributed by atoms with E-state index in [1.54, 1.807) is 24.4 Å². The number of ether oxygens (including phenoxy) is 1. The van der Waals surface area contributed by atoms with Crippen molar-refractivity contribution in [3.63, 3.8) is 0 Å². The monoisotopic (exact) mass is 321 g/mol. The molecule has 1 aliphatic rings. The molecule has 22 heavy (non-hydrogen) atoms. The Balaban J connectivity index is 1.89. The van der Waals surface area contributed by atoms with Gasteiger partial charge in [0.25, 0.3) is 0 Å². The topological polar surface area (TPSA) is 82.6 Å². The third-order valence-corrected chi connectivity index (χ3v) is 5.61. The lowest BCUT2D eigenvalue weighted by Crippen LogP contribution is -2.45. The quantitative estimate of drug-likeness (QED) is 0.632. The van der Waals surface area contributed by atoms with E-state index >= 15 is 0 Å². The molecule has 0 amide bonds. The van der Waals surface area contributed by atoms with Crippen LogP contribution in [-0.2, 0) is 19.6 Å². The summed E-state index contributed by atoms with van der Waals surface area (Å²) in [6, 6.07) is 8.66. The van der Waals surface area contributed by atoms with Crippen molar-refractivity contribution in [1.29, 1.82) is 0 Å². The average Bonchev–Trinajstić information content (AvgIpc) is 2.45. The highest BCUT2D eigenvalue weighted by molar-refractivity contribution is 7.87. The third-order valence-electron chi connectivity index (χ3n) is 3.89. The van der Waals surface area contributed by atoms with Crippen molar-refractivity contribution in [3.05, 3.63) is 36.5 Å². The van der Waals surface area contributed by atoms with E-state index in [1.807, 2.05) is 12.1 Å². The lowest BCUT2D eigenvalue weighted by Gasteiger charge is -2.32. The Morgan fingerprint density at radius 3 is 2.68 bits per heavy atom. The maximum Gasteiger partial charge on any atom is 0.313 e. The summed E-state index contributed by atoms with van der Waals surface area (Å²) in [6.45, 7) is 0. The number of nitrogens with zero attached hydrogens (tertiary/aromatic N) is 1. The normalized spacial score (nSPS) is 21.1. The maximum absolute atomic E-state index is 12.4. The Morgan fingerprint density at radius 1 is 1.23 bits per heavy atom. The van der Waals surface area contributed by atoms with Gasteiger partial charge in [-0.1, -0.05) is 18.2 Å². The molecule has 116 valence electrons. The number of hydrogen-bond donors (Lipinski definition) is 0. The zero-order valence-corrected chi connectivity index (χ0v) is 12.7. The highest BCUT2D eigenvalue weighted by Gasteiger charge is 2.47. The van der Waals surface area contributed by atoms with Crippen LogP contribution in [0.1, 0.15) is 12.8 Å². The Kier molecular flexibility index (Phi) is 3.74. The van der Waals surface area contributed by atoms with Crippen LogP contribution in [0, 0.1) is 5.92 Å². The summed E-state index contributed by atoms with van der Waals surface area (Å²) in [5, 5.41) is -0.0766. The molecule has 0 bridgehead atoms. The summed E-state index contributed by atoms with van der Waals surface area (Å²) in [4.78, 5) is 15.7. The molecule has 3 rings (SSSR count). The van der Waals surface area contributed by atoms with Crippen LogP contribution < -0.4 is 4.18 Å². The van der Waals surface area contributed by atoms with E-state index < -0.39 is 27.3 Å². The van der Waals surface area contributed by atoms with E-state index in [4.69, 9.17) is 4.18 Å². The molecule has 1 aliphatic carbocycles. The number of esters is 1. The number of rotatable bonds is 4. The molecule has 0 radical (unpaired) electrons. The molecule has 1 aromatic heterocycles. The van der Waals surface area contributed by atoms with E-state index in [-0.39, 0.29) is 5.75 Å². The summed E-state index contributed by atoms with van der Waals surface area (Å²) in [5.74, 6) is -0.994. The van der Waals surface area contributed by atoms with Crippen LogP contribution in [0.5, 0.6) is 5.75 Å². The lowest BCUT2D eigenvalue weighted by atomic mass is 9.85. The Hall–Kier alpha value is -2.15. The predicted octanol–water partition coefficient (Wildman–Crippen LogP) is 1.89. The van der Waals surface area contributed by atoms with Gasteiger partial charge in [0, 0.05) is 11.6 Å². The molecule has 1 heterocycles. The maximum atomic E-state index is 12.4. The zero-order chi connectivity index (χ0) is 15.7. The van der Waals surface area contributed by atoms with Crippen LogP contribution in [0.25, 0.3) is 10.9 Å². The van der Waals surface area contributed by atoms with Crippen LogP contribution in [0.4, 0.5) is 0 Å². The van der Waals surface area contributed by atoms with Gasteiger partial charge in [0.1, 0.15) is 10.8 Å². The Morgan fingerprint density at radius 2 is 2.00 bits per heavy atom. The second kappa shape index (κ2) is 5.57. The van der Waals surface area contributed by atoms with Crippen molar-refractivity contribution in [2.45, 2.75) is 18.1 Å². The van der Waals surface area contributed by atoms with Crippen molar-refractivity contribution in [3.8, 4) is 5.75 Å². The van der Waals surface area contributed by atoms with Crippen LogP contribution in [0.2, 0.25) is 0 Å². The van der Waals surface area contributed by atoms with Crippen LogP contribution in [-0.4, -0.2) is 31.7 Å². The van der Waals surface area contributed by atoms with Gasteiger partial charge in [-0.2, -0.15) is 8.42 Å². The molecular weight excluding hydrogens is 306 g/mol. The Labute approximate surface area is 128 Å². The molecule has 1 saturated carbocycles. The van der Waals surface area contributed by atoms with Crippen molar-refractivity contribution in [2.24, 2.45) is 5.92 Å². The molecule has 0 spiro atoms.